The molecule has 7 nitrogen and oxygen atoms in total. The van der Waals surface area contributed by atoms with Gasteiger partial charge < -0.3 is 9.09 Å². The van der Waals surface area contributed by atoms with E-state index in [1.54, 1.807) is 28.4 Å². The van der Waals surface area contributed by atoms with Crippen molar-refractivity contribution in [2.75, 3.05) is 0 Å². The van der Waals surface area contributed by atoms with Gasteiger partial charge in [-0.2, -0.15) is 0 Å². The molecule has 0 radical (unpaired) electrons. The van der Waals surface area contributed by atoms with Crippen LogP contribution in [-0.2, 0) is 6.54 Å². The molecule has 0 saturated carbocycles. The second-order valence-electron chi connectivity index (χ2n) is 6.42. The molecule has 0 fully saturated rings. The topological polar surface area (TPSA) is 97.4 Å². The molecule has 0 atom stereocenters. The molecule has 0 spiro atoms. The Morgan fingerprint density at radius 2 is 1.96 bits per heavy atom. The minimum atomic E-state index is -0.669. The lowest BCUT2D eigenvalue weighted by molar-refractivity contribution is 0.0706. The Labute approximate surface area is 159 Å². The van der Waals surface area contributed by atoms with E-state index in [9.17, 15) is 9.59 Å². The first-order chi connectivity index (χ1) is 13.6. The van der Waals surface area contributed by atoms with Crippen molar-refractivity contribution >= 4 is 16.7 Å². The van der Waals surface area contributed by atoms with Crippen LogP contribution in [0.15, 0.2) is 70.1 Å². The van der Waals surface area contributed by atoms with Gasteiger partial charge in [0.25, 0.3) is 11.5 Å². The van der Waals surface area contributed by atoms with Crippen LogP contribution in [0.1, 0.15) is 21.7 Å². The molecule has 140 valence electrons. The molecule has 2 N–H and O–H groups in total. The van der Waals surface area contributed by atoms with Gasteiger partial charge in [0.2, 0.25) is 0 Å². The van der Waals surface area contributed by atoms with Gasteiger partial charge in [-0.25, -0.2) is 5.48 Å². The third-order valence-corrected chi connectivity index (χ3v) is 4.70. The van der Waals surface area contributed by atoms with Crippen molar-refractivity contribution < 1.29 is 14.5 Å². The number of pyridine rings is 1. The Kier molecular flexibility index (Phi) is 4.50. The van der Waals surface area contributed by atoms with Gasteiger partial charge in [-0.05, 0) is 30.5 Å². The summed E-state index contributed by atoms with van der Waals surface area (Å²) in [5, 5.41) is 14.1. The average molecular weight is 375 g/mol. The molecule has 2 heterocycles. The van der Waals surface area contributed by atoms with Gasteiger partial charge in [-0.3, -0.25) is 14.8 Å². The highest BCUT2D eigenvalue weighted by Gasteiger charge is 2.16. The molecule has 0 unspecified atom stereocenters. The van der Waals surface area contributed by atoms with Crippen molar-refractivity contribution in [2.45, 2.75) is 13.5 Å². The molecule has 7 heteroatoms. The van der Waals surface area contributed by atoms with Gasteiger partial charge in [0, 0.05) is 28.3 Å². The maximum atomic E-state index is 13.0. The zero-order valence-corrected chi connectivity index (χ0v) is 15.0. The number of carbonyl (C=O) groups is 1. The number of nitrogens with zero attached hydrogens (tertiary/aromatic N) is 2. The number of aryl methyl sites for hydroxylation is 1. The number of hydrogen-bond acceptors (Lipinski definition) is 5. The molecular weight excluding hydrogens is 358 g/mol. The van der Waals surface area contributed by atoms with E-state index >= 15 is 0 Å². The van der Waals surface area contributed by atoms with E-state index in [0.717, 1.165) is 11.1 Å². The molecule has 28 heavy (non-hydrogen) atoms. The van der Waals surface area contributed by atoms with Gasteiger partial charge in [0.05, 0.1) is 6.54 Å². The predicted octanol–water partition coefficient (Wildman–Crippen LogP) is 3.13. The smallest absolute Gasteiger partial charge is 0.274 e. The Balaban J connectivity index is 1.79. The molecule has 2 aromatic carbocycles. The maximum Gasteiger partial charge on any atom is 0.274 e. The number of fused-ring (bicyclic) bond motifs is 1. The quantitative estimate of drug-likeness (QED) is 0.422. The van der Waals surface area contributed by atoms with Crippen LogP contribution in [0.5, 0.6) is 0 Å². The third kappa shape index (κ3) is 3.08. The minimum Gasteiger partial charge on any atom is -0.361 e. The first-order valence-electron chi connectivity index (χ1n) is 8.66. The molecular formula is C21H17N3O4. The van der Waals surface area contributed by atoms with Crippen LogP contribution in [0.3, 0.4) is 0 Å². The summed E-state index contributed by atoms with van der Waals surface area (Å²) in [5.41, 5.74) is 3.96. The van der Waals surface area contributed by atoms with E-state index in [4.69, 9.17) is 9.73 Å². The zero-order chi connectivity index (χ0) is 19.7. The molecule has 0 aliphatic carbocycles. The average Bonchev–Trinajstić information content (AvgIpc) is 3.10. The molecule has 4 rings (SSSR count). The van der Waals surface area contributed by atoms with E-state index in [1.165, 1.54) is 6.07 Å². The maximum absolute atomic E-state index is 13.0. The number of hydrogen-bond donors (Lipinski definition) is 2. The number of nitrogens with one attached hydrogen (secondary N) is 1. The lowest BCUT2D eigenvalue weighted by Gasteiger charge is -2.09. The number of hydroxylamine groups is 1. The largest absolute Gasteiger partial charge is 0.361 e. The molecule has 1 amide bonds. The monoisotopic (exact) mass is 375 g/mol. The van der Waals surface area contributed by atoms with Crippen LogP contribution in [0, 0.1) is 6.92 Å². The van der Waals surface area contributed by atoms with Crippen LogP contribution in [0.4, 0.5) is 0 Å². The standard InChI is InChI=1S/C21H17N3O4/c1-13-18(19(23-28-13)15-5-3-2-4-6-15)12-24-10-9-14-7-8-16(20(25)22-27)11-17(14)21(24)26/h2-11,27H,12H2,1H3,(H,22,25). The second kappa shape index (κ2) is 7.13. The molecule has 0 bridgehead atoms. The third-order valence-electron chi connectivity index (χ3n) is 4.70. The van der Waals surface area contributed by atoms with E-state index in [1.807, 2.05) is 43.3 Å². The Hall–Kier alpha value is -3.71. The van der Waals surface area contributed by atoms with Crippen LogP contribution in [-0.4, -0.2) is 20.8 Å². The van der Waals surface area contributed by atoms with Crippen molar-refractivity contribution in [1.82, 2.24) is 15.2 Å². The number of benzene rings is 2. The SMILES string of the molecule is Cc1onc(-c2ccccc2)c1Cn1ccc2ccc(C(=O)NO)cc2c1=O. The summed E-state index contributed by atoms with van der Waals surface area (Å²) in [6.45, 7) is 2.09. The highest BCUT2D eigenvalue weighted by Crippen LogP contribution is 2.25. The van der Waals surface area contributed by atoms with Gasteiger partial charge in [0.15, 0.2) is 0 Å². The van der Waals surface area contributed by atoms with Gasteiger partial charge in [0.1, 0.15) is 11.5 Å². The highest BCUT2D eigenvalue weighted by molar-refractivity contribution is 5.97. The number of amides is 1. The molecule has 2 aromatic heterocycles. The fraction of sp³-hybridized carbons (Fsp3) is 0.0952. The van der Waals surface area contributed by atoms with Crippen molar-refractivity contribution in [3.8, 4) is 11.3 Å². The van der Waals surface area contributed by atoms with E-state index in [2.05, 4.69) is 5.16 Å². The summed E-state index contributed by atoms with van der Waals surface area (Å²) in [6.07, 6.45) is 1.71. The Bertz CT molecular complexity index is 1230. The number of rotatable bonds is 4. The summed E-state index contributed by atoms with van der Waals surface area (Å²) in [5.74, 6) is -0.0304. The van der Waals surface area contributed by atoms with E-state index in [-0.39, 0.29) is 17.7 Å². The first kappa shape index (κ1) is 17.7. The van der Waals surface area contributed by atoms with Crippen molar-refractivity contribution in [3.05, 3.63) is 88.0 Å². The Morgan fingerprint density at radius 1 is 1.18 bits per heavy atom. The van der Waals surface area contributed by atoms with Crippen LogP contribution >= 0.6 is 0 Å². The number of carbonyl (C=O) groups excluding carboxylic acids is 1. The predicted molar refractivity (Wildman–Crippen MR) is 103 cm³/mol. The second-order valence-corrected chi connectivity index (χ2v) is 6.42. The fourth-order valence-electron chi connectivity index (χ4n) is 3.18. The van der Waals surface area contributed by atoms with E-state index in [0.29, 0.717) is 22.2 Å². The lowest BCUT2D eigenvalue weighted by Crippen LogP contribution is -2.22. The summed E-state index contributed by atoms with van der Waals surface area (Å²) in [6, 6.07) is 16.1. The van der Waals surface area contributed by atoms with Gasteiger partial charge in [-0.1, -0.05) is 41.6 Å². The summed E-state index contributed by atoms with van der Waals surface area (Å²) < 4.78 is 6.92. The molecule has 0 saturated heterocycles. The first-order valence-corrected chi connectivity index (χ1v) is 8.66. The molecule has 4 aromatic rings. The van der Waals surface area contributed by atoms with Gasteiger partial charge in [-0.15, -0.1) is 0 Å². The van der Waals surface area contributed by atoms with Crippen LogP contribution in [0.2, 0.25) is 0 Å². The normalized spacial score (nSPS) is 10.9. The minimum absolute atomic E-state index is 0.205. The summed E-state index contributed by atoms with van der Waals surface area (Å²) >= 11 is 0. The zero-order valence-electron chi connectivity index (χ0n) is 15.0. The molecule has 0 aliphatic heterocycles. The van der Waals surface area contributed by atoms with Crippen molar-refractivity contribution in [1.29, 1.82) is 0 Å². The fourth-order valence-corrected chi connectivity index (χ4v) is 3.18. The van der Waals surface area contributed by atoms with Gasteiger partial charge >= 0.3 is 0 Å². The van der Waals surface area contributed by atoms with E-state index < -0.39 is 5.91 Å². The van der Waals surface area contributed by atoms with Crippen molar-refractivity contribution in [3.63, 3.8) is 0 Å². The lowest BCUT2D eigenvalue weighted by atomic mass is 10.1. The van der Waals surface area contributed by atoms with Crippen LogP contribution < -0.4 is 11.0 Å². The Morgan fingerprint density at radius 3 is 2.71 bits per heavy atom. The summed E-state index contributed by atoms with van der Waals surface area (Å²) in [4.78, 5) is 24.7. The summed E-state index contributed by atoms with van der Waals surface area (Å²) in [7, 11) is 0. The highest BCUT2D eigenvalue weighted by atomic mass is 16.5. The molecule has 0 aliphatic rings. The number of aromatic nitrogens is 2. The van der Waals surface area contributed by atoms with Crippen molar-refractivity contribution in [2.24, 2.45) is 0 Å². The van der Waals surface area contributed by atoms with Crippen LogP contribution in [0.25, 0.3) is 22.0 Å².